The minimum Gasteiger partial charge on any atom is -0.326 e. The van der Waals surface area contributed by atoms with E-state index in [0.29, 0.717) is 41.4 Å². The van der Waals surface area contributed by atoms with Crippen LogP contribution in [0.2, 0.25) is 10.0 Å². The van der Waals surface area contributed by atoms with Crippen molar-refractivity contribution in [1.82, 2.24) is 0 Å². The summed E-state index contributed by atoms with van der Waals surface area (Å²) in [6.45, 7) is 66.8. The number of aryl methyl sites for hydroxylation is 2. The number of carbonyl (C=O) groups is 1. The predicted molar refractivity (Wildman–Crippen MR) is 666 cm³/mol. The molecule has 1 fully saturated rings. The SMILES string of the molecule is C.C.C.C.C.C.C.C.CC(=O)Nc1ccc(CC(C)C)cc1.CC(C)C(c1ccccc1)c1ccccc1.CC(C)CC1CCCCC1.CC(C)Cc1ccc(-c2ccccc2)cc1.CC(C)Cc1ccc(C(C)(C)C)cc1.CC(C)Cc1cccc(Cl)c1.CC(C)Cc1ccccc1Cl.CC(C)[C@@H](C)c1ccccc1.CC(C)[C@H](C)c1ccccc1.CCc1ccccc1CC(C)C.Cc1ccc(CC(C)C)cc1. The van der Waals surface area contributed by atoms with Crippen molar-refractivity contribution in [1.29, 1.82) is 0 Å². The normalized spacial score (nSPS) is 11.4. The molecule has 1 amide bonds. The first-order chi connectivity index (χ1) is 65.0. The fourth-order valence-corrected chi connectivity index (χ4v) is 17.0. The molecule has 808 valence electrons. The standard InChI is InChI=1S/2C16H18.C14H22.C12H17NO.C12H18.3C11H16.2C10H13Cl.C10H20.8CH4/c1-13(2)16(14-9-5-3-6-10-14)15-11-7-4-8-12-15;1-13(2)12-14-8-10-16(11-9-14)15-6-4-3-5-7-15;1-11(2)10-12-6-8-13(9-7-12)14(3,4)5;1-9(2)8-11-4-6-12(7-5-11)13-10(3)14;1-4-11-7-5-6-8-12(11)9-10(2)3;1-9(2)8-11-6-4-10(3)5-7-11;2*1-9(2)10(3)11-7-5-4-6-8-11;1-8(2)6-9-4-3-5-10(11)7-9;1-8(2)7-9-5-3-4-6-10(9)11;1-9(2)8-10-6-4-3-5-7-10;;;;;;;;/h3-13,16H,1-2H3;3-11,13H,12H2,1-2H3;6-9,11H,10H2,1-5H3;4-7,9H,8H2,1-3H3,(H,13,14);5-8,10H,4,9H2,1-3H3;4-7,9H,8H2,1-3H3;2*4-10H,1-3H3;3-5,7-8H,6H2,1-2H3;3-6,8H,7H2,1-2H3;9-10H,3-8H2,1-2H3;8*1H4/t;;;;;;2*10-;;;;;;;;;;;/m......10.........../s1. The van der Waals surface area contributed by atoms with Crippen molar-refractivity contribution in [3.8, 4) is 11.1 Å². The largest absolute Gasteiger partial charge is 0.326 e. The summed E-state index contributed by atoms with van der Waals surface area (Å²) >= 11 is 11.8. The molecular weight excluding hydrogens is 1790 g/mol. The van der Waals surface area contributed by atoms with Crippen molar-refractivity contribution < 1.29 is 4.79 Å². The Bertz CT molecular complexity index is 4860. The molecule has 0 radical (unpaired) electrons. The topological polar surface area (TPSA) is 29.1 Å². The second-order valence-corrected chi connectivity index (χ2v) is 44.3. The lowest BCUT2D eigenvalue weighted by Gasteiger charge is -2.22. The zero-order chi connectivity index (χ0) is 102. The molecule has 1 saturated carbocycles. The highest BCUT2D eigenvalue weighted by Gasteiger charge is 2.19. The van der Waals surface area contributed by atoms with Crippen molar-refractivity contribution in [2.24, 2.45) is 71.0 Å². The van der Waals surface area contributed by atoms with E-state index >= 15 is 0 Å². The van der Waals surface area contributed by atoms with Crippen molar-refractivity contribution in [3.05, 3.63) is 409 Å². The first-order valence-electron chi connectivity index (χ1n) is 52.4. The van der Waals surface area contributed by atoms with Gasteiger partial charge in [0, 0.05) is 28.6 Å². The van der Waals surface area contributed by atoms with Crippen LogP contribution < -0.4 is 5.32 Å². The maximum absolute atomic E-state index is 10.8. The van der Waals surface area contributed by atoms with E-state index in [1.165, 1.54) is 154 Å². The fourth-order valence-electron chi connectivity index (χ4n) is 16.6. The van der Waals surface area contributed by atoms with Gasteiger partial charge in [-0.3, -0.25) is 4.79 Å². The maximum Gasteiger partial charge on any atom is 0.221 e. The number of amides is 1. The molecule has 0 spiro atoms. The number of hydrogen-bond acceptors (Lipinski definition) is 1. The van der Waals surface area contributed by atoms with Crippen LogP contribution in [0.3, 0.4) is 0 Å². The Labute approximate surface area is 910 Å². The minimum absolute atomic E-state index is 0. The quantitative estimate of drug-likeness (QED) is 0.0575. The summed E-state index contributed by atoms with van der Waals surface area (Å²) < 4.78 is 0. The number of halogens is 2. The van der Waals surface area contributed by atoms with E-state index in [9.17, 15) is 4.79 Å². The number of hydrogen-bond donors (Lipinski definition) is 1. The van der Waals surface area contributed by atoms with E-state index in [2.05, 4.69) is 479 Å². The predicted octanol–water partition coefficient (Wildman–Crippen LogP) is 45.4. The summed E-state index contributed by atoms with van der Waals surface area (Å²) in [5, 5.41) is 4.47. The third-order valence-electron chi connectivity index (χ3n) is 24.3. The molecule has 0 unspecified atom stereocenters. The Balaban J connectivity index is -0.000000366. The van der Waals surface area contributed by atoms with Crippen LogP contribution in [0.15, 0.2) is 322 Å². The summed E-state index contributed by atoms with van der Waals surface area (Å²) in [6, 6.07) is 113. The van der Waals surface area contributed by atoms with Crippen LogP contribution in [-0.2, 0) is 61.6 Å². The highest BCUT2D eigenvalue weighted by atomic mass is 35.5. The number of benzene rings is 12. The molecule has 13 rings (SSSR count). The first kappa shape index (κ1) is 146. The van der Waals surface area contributed by atoms with Crippen LogP contribution in [0.25, 0.3) is 11.1 Å². The number of rotatable bonds is 26. The molecule has 1 aliphatic carbocycles. The second-order valence-electron chi connectivity index (χ2n) is 43.5. The Morgan fingerprint density at radius 2 is 0.621 bits per heavy atom. The summed E-state index contributed by atoms with van der Waals surface area (Å²) in [6.07, 6.45) is 18.2. The molecule has 12 aromatic rings. The van der Waals surface area contributed by atoms with Gasteiger partial charge in [0.15, 0.2) is 0 Å². The average Bonchev–Trinajstić information content (AvgIpc) is 0.812. The highest BCUT2D eigenvalue weighted by molar-refractivity contribution is 6.31. The molecule has 2 nitrogen and oxygen atoms in total. The van der Waals surface area contributed by atoms with Gasteiger partial charge in [0.25, 0.3) is 0 Å². The van der Waals surface area contributed by atoms with E-state index in [1.807, 2.05) is 48.5 Å². The Morgan fingerprint density at radius 1 is 0.310 bits per heavy atom. The minimum atomic E-state index is -0.0263. The van der Waals surface area contributed by atoms with Crippen LogP contribution in [0, 0.1) is 77.9 Å². The van der Waals surface area contributed by atoms with E-state index in [-0.39, 0.29) is 70.7 Å². The second kappa shape index (κ2) is 83.6. The van der Waals surface area contributed by atoms with Crippen molar-refractivity contribution >= 4 is 34.8 Å². The van der Waals surface area contributed by atoms with Gasteiger partial charge in [-0.05, 0) is 267 Å². The molecule has 1 aliphatic rings. The molecule has 2 atom stereocenters. The lowest BCUT2D eigenvalue weighted by molar-refractivity contribution is -0.114. The number of carbonyl (C=O) groups excluding carboxylic acids is 1. The molecule has 0 heterocycles. The van der Waals surface area contributed by atoms with Gasteiger partial charge in [0.2, 0.25) is 5.91 Å². The maximum atomic E-state index is 10.8. The van der Waals surface area contributed by atoms with Gasteiger partial charge in [-0.2, -0.15) is 0 Å². The number of anilines is 1. The summed E-state index contributed by atoms with van der Waals surface area (Å²) in [4.78, 5) is 10.8. The van der Waals surface area contributed by atoms with Crippen LogP contribution in [-0.4, -0.2) is 5.91 Å². The molecular formula is C141H219Cl2NO. The molecule has 1 N–H and O–H groups in total. The Morgan fingerprint density at radius 3 is 0.952 bits per heavy atom. The smallest absolute Gasteiger partial charge is 0.221 e. The molecule has 4 heteroatoms. The van der Waals surface area contributed by atoms with Gasteiger partial charge in [0.05, 0.1) is 0 Å². The monoisotopic (exact) mass is 2010 g/mol. The molecule has 145 heavy (non-hydrogen) atoms. The zero-order valence-electron chi connectivity index (χ0n) is 91.3. The van der Waals surface area contributed by atoms with Crippen LogP contribution in [0.4, 0.5) is 5.69 Å². The lowest BCUT2D eigenvalue weighted by Crippen LogP contribution is -2.10. The van der Waals surface area contributed by atoms with E-state index < -0.39 is 0 Å². The molecule has 12 aromatic carbocycles. The first-order valence-corrected chi connectivity index (χ1v) is 53.2. The fraction of sp³-hybridized carbons (Fsp3) is 0.482. The molecule has 0 saturated heterocycles. The molecule has 0 aliphatic heterocycles. The van der Waals surface area contributed by atoms with Crippen molar-refractivity contribution in [2.75, 3.05) is 5.32 Å². The molecule has 0 bridgehead atoms. The van der Waals surface area contributed by atoms with Gasteiger partial charge in [-0.1, -0.05) is 605 Å². The van der Waals surface area contributed by atoms with E-state index in [1.54, 1.807) is 0 Å². The third kappa shape index (κ3) is 68.0. The van der Waals surface area contributed by atoms with Crippen molar-refractivity contribution in [2.45, 2.75) is 380 Å². The summed E-state index contributed by atoms with van der Waals surface area (Å²) in [5.74, 6) is 11.0. The highest BCUT2D eigenvalue weighted by Crippen LogP contribution is 2.34. The average molecular weight is 2020 g/mol. The number of nitrogens with one attached hydrogen (secondary N) is 1. The molecule has 0 aromatic heterocycles. The Kier molecular flexibility index (Phi) is 84.4. The van der Waals surface area contributed by atoms with Gasteiger partial charge in [0.1, 0.15) is 0 Å². The van der Waals surface area contributed by atoms with Crippen LogP contribution >= 0.6 is 23.2 Å². The van der Waals surface area contributed by atoms with Gasteiger partial charge < -0.3 is 5.32 Å². The lowest BCUT2D eigenvalue weighted by atomic mass is 9.83. The van der Waals surface area contributed by atoms with Gasteiger partial charge in [-0.15, -0.1) is 0 Å². The summed E-state index contributed by atoms with van der Waals surface area (Å²) in [7, 11) is 0. The van der Waals surface area contributed by atoms with Crippen LogP contribution in [0.5, 0.6) is 0 Å². The van der Waals surface area contributed by atoms with Crippen molar-refractivity contribution in [3.63, 3.8) is 0 Å². The van der Waals surface area contributed by atoms with E-state index in [4.69, 9.17) is 23.2 Å². The third-order valence-corrected chi connectivity index (χ3v) is 24.9. The summed E-state index contributed by atoms with van der Waals surface area (Å²) in [5.41, 5.74) is 23.5. The van der Waals surface area contributed by atoms with Crippen LogP contribution in [0.1, 0.15) is 394 Å². The zero-order valence-corrected chi connectivity index (χ0v) is 92.8. The van der Waals surface area contributed by atoms with Gasteiger partial charge in [-0.25, -0.2) is 0 Å². The van der Waals surface area contributed by atoms with E-state index in [0.717, 1.165) is 95.2 Å². The van der Waals surface area contributed by atoms with Gasteiger partial charge >= 0.3 is 0 Å². The Hall–Kier alpha value is -9.31.